The van der Waals surface area contributed by atoms with E-state index in [9.17, 15) is 5.26 Å². The number of likely N-dealkylation sites (N-methyl/N-ethyl adjacent to an activating group) is 1. The van der Waals surface area contributed by atoms with E-state index >= 15 is 0 Å². The van der Waals surface area contributed by atoms with Gasteiger partial charge in [0.05, 0.1) is 12.7 Å². The zero-order chi connectivity index (χ0) is 15.2. The number of hydrogen-bond donors (Lipinski definition) is 1. The second kappa shape index (κ2) is 7.97. The smallest absolute Gasteiger partial charge is 0.105 e. The van der Waals surface area contributed by atoms with Crippen LogP contribution in [0.1, 0.15) is 47.0 Å². The van der Waals surface area contributed by atoms with Crippen molar-refractivity contribution >= 4 is 0 Å². The van der Waals surface area contributed by atoms with E-state index in [0.29, 0.717) is 12.1 Å². The van der Waals surface area contributed by atoms with Crippen LogP contribution in [0.5, 0.6) is 0 Å². The molecule has 0 saturated heterocycles. The maximum atomic E-state index is 9.39. The first-order chi connectivity index (χ1) is 9.36. The molecule has 0 aliphatic heterocycles. The summed E-state index contributed by atoms with van der Waals surface area (Å²) in [4.78, 5) is 2.28. The number of nitrogens with zero attached hydrogens (tertiary/aromatic N) is 2. The van der Waals surface area contributed by atoms with Crippen LogP contribution < -0.4 is 5.32 Å². The molecule has 1 N–H and O–H groups in total. The van der Waals surface area contributed by atoms with Crippen molar-refractivity contribution < 1.29 is 4.74 Å². The predicted molar refractivity (Wildman–Crippen MR) is 82.5 cm³/mol. The summed E-state index contributed by atoms with van der Waals surface area (Å²) < 4.78 is 5.68. The predicted octanol–water partition coefficient (Wildman–Crippen LogP) is 2.40. The van der Waals surface area contributed by atoms with Crippen LogP contribution in [-0.2, 0) is 4.74 Å². The third-order valence-electron chi connectivity index (χ3n) is 3.95. The largest absolute Gasteiger partial charge is 0.380 e. The second-order valence-electron chi connectivity index (χ2n) is 6.79. The van der Waals surface area contributed by atoms with Gasteiger partial charge in [-0.3, -0.25) is 5.32 Å². The molecule has 0 bridgehead atoms. The molecule has 20 heavy (non-hydrogen) atoms. The Morgan fingerprint density at radius 3 is 2.55 bits per heavy atom. The highest BCUT2D eigenvalue weighted by molar-refractivity contribution is 5.06. The lowest BCUT2D eigenvalue weighted by Gasteiger charge is -2.33. The summed E-state index contributed by atoms with van der Waals surface area (Å²) in [6.45, 7) is 11.0. The molecule has 0 aromatic heterocycles. The van der Waals surface area contributed by atoms with Gasteiger partial charge in [-0.15, -0.1) is 0 Å². The summed E-state index contributed by atoms with van der Waals surface area (Å²) in [6, 6.07) is 3.09. The van der Waals surface area contributed by atoms with Crippen LogP contribution in [-0.4, -0.2) is 49.3 Å². The van der Waals surface area contributed by atoms with Crippen LogP contribution in [0.3, 0.4) is 0 Å². The van der Waals surface area contributed by atoms with Gasteiger partial charge in [-0.2, -0.15) is 5.26 Å². The number of nitrogens with one attached hydrogen (secondary N) is 1. The quantitative estimate of drug-likeness (QED) is 0.625. The Kier molecular flexibility index (Phi) is 6.94. The van der Waals surface area contributed by atoms with Crippen molar-refractivity contribution in [2.45, 2.75) is 64.6 Å². The third kappa shape index (κ3) is 6.69. The molecule has 0 aromatic rings. The number of rotatable bonds is 10. The van der Waals surface area contributed by atoms with Gasteiger partial charge in [0.15, 0.2) is 0 Å². The van der Waals surface area contributed by atoms with Crippen LogP contribution in [0.15, 0.2) is 0 Å². The van der Waals surface area contributed by atoms with Crippen LogP contribution in [0.4, 0.5) is 0 Å². The average molecular weight is 281 g/mol. The molecular weight excluding hydrogens is 250 g/mol. The van der Waals surface area contributed by atoms with Gasteiger partial charge in [-0.25, -0.2) is 0 Å². The highest BCUT2D eigenvalue weighted by atomic mass is 16.5. The molecule has 0 radical (unpaired) electrons. The maximum absolute atomic E-state index is 9.39. The highest BCUT2D eigenvalue weighted by Crippen LogP contribution is 2.28. The molecule has 2 unspecified atom stereocenters. The average Bonchev–Trinajstić information content (AvgIpc) is 3.17. The van der Waals surface area contributed by atoms with Crippen molar-refractivity contribution in [1.29, 1.82) is 5.26 Å². The summed E-state index contributed by atoms with van der Waals surface area (Å²) in [6.07, 6.45) is 3.50. The van der Waals surface area contributed by atoms with Gasteiger partial charge in [0.2, 0.25) is 0 Å². The van der Waals surface area contributed by atoms with Crippen molar-refractivity contribution in [3.05, 3.63) is 0 Å². The number of nitriles is 1. The minimum absolute atomic E-state index is 0.319. The SMILES string of the molecule is CC(C)NC(C)(C#N)CC(C)N(C)CCOCC1CC1. The summed E-state index contributed by atoms with van der Waals surface area (Å²) >= 11 is 0. The number of hydrogen-bond acceptors (Lipinski definition) is 4. The second-order valence-corrected chi connectivity index (χ2v) is 6.79. The van der Waals surface area contributed by atoms with Gasteiger partial charge in [-0.05, 0) is 59.9 Å². The molecule has 4 heteroatoms. The summed E-state index contributed by atoms with van der Waals surface area (Å²) in [7, 11) is 2.11. The topological polar surface area (TPSA) is 48.3 Å². The maximum Gasteiger partial charge on any atom is 0.105 e. The van der Waals surface area contributed by atoms with Gasteiger partial charge in [0.1, 0.15) is 5.54 Å². The Hall–Kier alpha value is -0.630. The fourth-order valence-corrected chi connectivity index (χ4v) is 2.48. The molecule has 0 amide bonds. The lowest BCUT2D eigenvalue weighted by Crippen LogP contribution is -2.49. The fourth-order valence-electron chi connectivity index (χ4n) is 2.48. The van der Waals surface area contributed by atoms with Crippen molar-refractivity contribution in [3.8, 4) is 6.07 Å². The summed E-state index contributed by atoms with van der Waals surface area (Å²) in [5.41, 5.74) is -0.462. The molecule has 0 spiro atoms. The molecule has 1 rings (SSSR count). The van der Waals surface area contributed by atoms with Gasteiger partial charge >= 0.3 is 0 Å². The van der Waals surface area contributed by atoms with E-state index in [1.807, 2.05) is 6.92 Å². The van der Waals surface area contributed by atoms with Crippen molar-refractivity contribution in [3.63, 3.8) is 0 Å². The first-order valence-electron chi connectivity index (χ1n) is 7.83. The summed E-state index contributed by atoms with van der Waals surface area (Å²) in [5.74, 6) is 0.829. The zero-order valence-corrected chi connectivity index (χ0v) is 13.8. The van der Waals surface area contributed by atoms with Crippen LogP contribution in [0.25, 0.3) is 0 Å². The molecule has 4 nitrogen and oxygen atoms in total. The Morgan fingerprint density at radius 1 is 1.40 bits per heavy atom. The van der Waals surface area contributed by atoms with E-state index < -0.39 is 5.54 Å². The van der Waals surface area contributed by atoms with Crippen molar-refractivity contribution in [2.24, 2.45) is 5.92 Å². The zero-order valence-electron chi connectivity index (χ0n) is 13.8. The van der Waals surface area contributed by atoms with E-state index in [4.69, 9.17) is 4.74 Å². The molecular formula is C16H31N3O. The van der Waals surface area contributed by atoms with Crippen LogP contribution in [0, 0.1) is 17.2 Å². The first kappa shape index (κ1) is 17.4. The van der Waals surface area contributed by atoms with E-state index in [1.165, 1.54) is 12.8 Å². The molecule has 116 valence electrons. The molecule has 2 atom stereocenters. The standard InChI is InChI=1S/C16H31N3O/c1-13(2)18-16(4,12-17)10-14(3)19(5)8-9-20-11-15-6-7-15/h13-15,18H,6-11H2,1-5H3. The van der Waals surface area contributed by atoms with Gasteiger partial charge in [-0.1, -0.05) is 0 Å². The molecule has 1 fully saturated rings. The van der Waals surface area contributed by atoms with Crippen LogP contribution in [0.2, 0.25) is 0 Å². The Balaban J connectivity index is 2.27. The molecule has 1 aliphatic rings. The van der Waals surface area contributed by atoms with Crippen molar-refractivity contribution in [1.82, 2.24) is 10.2 Å². The lowest BCUT2D eigenvalue weighted by atomic mass is 9.93. The first-order valence-corrected chi connectivity index (χ1v) is 7.83. The van der Waals surface area contributed by atoms with Crippen LogP contribution >= 0.6 is 0 Å². The Morgan fingerprint density at radius 2 is 2.05 bits per heavy atom. The molecule has 1 saturated carbocycles. The van der Waals surface area contributed by atoms with Gasteiger partial charge in [0.25, 0.3) is 0 Å². The van der Waals surface area contributed by atoms with E-state index in [0.717, 1.165) is 32.1 Å². The molecule has 1 aliphatic carbocycles. The monoisotopic (exact) mass is 281 g/mol. The minimum Gasteiger partial charge on any atom is -0.380 e. The van der Waals surface area contributed by atoms with Crippen molar-refractivity contribution in [2.75, 3.05) is 26.8 Å². The normalized spacial score (nSPS) is 19.9. The Bertz CT molecular complexity index is 322. The van der Waals surface area contributed by atoms with Gasteiger partial charge < -0.3 is 9.64 Å². The van der Waals surface area contributed by atoms with E-state index in [-0.39, 0.29) is 0 Å². The molecule has 0 aromatic carbocycles. The van der Waals surface area contributed by atoms with E-state index in [1.54, 1.807) is 0 Å². The lowest BCUT2D eigenvalue weighted by molar-refractivity contribution is 0.0888. The number of ether oxygens (including phenoxy) is 1. The van der Waals surface area contributed by atoms with Gasteiger partial charge in [0, 0.05) is 25.2 Å². The fraction of sp³-hybridized carbons (Fsp3) is 0.938. The Labute approximate surface area is 124 Å². The minimum atomic E-state index is -0.462. The highest BCUT2D eigenvalue weighted by Gasteiger charge is 2.28. The summed E-state index contributed by atoms with van der Waals surface area (Å²) in [5, 5.41) is 12.8. The van der Waals surface area contributed by atoms with E-state index in [2.05, 4.69) is 44.1 Å². The molecule has 0 heterocycles. The third-order valence-corrected chi connectivity index (χ3v) is 3.95.